The van der Waals surface area contributed by atoms with Crippen LogP contribution in [-0.4, -0.2) is 28.7 Å². The van der Waals surface area contributed by atoms with Crippen molar-refractivity contribution in [2.45, 2.75) is 27.4 Å². The van der Waals surface area contributed by atoms with E-state index in [1.54, 1.807) is 39.0 Å². The second kappa shape index (κ2) is 7.30. The molecule has 0 aliphatic rings. The quantitative estimate of drug-likeness (QED) is 0.673. The number of rotatable bonds is 6. The van der Waals surface area contributed by atoms with Gasteiger partial charge in [0.15, 0.2) is 5.76 Å². The maximum Gasteiger partial charge on any atom is 0.355 e. The third-order valence-corrected chi connectivity index (χ3v) is 3.80. The summed E-state index contributed by atoms with van der Waals surface area (Å²) in [6, 6.07) is 5.10. The minimum absolute atomic E-state index is 0.0676. The first kappa shape index (κ1) is 17.5. The van der Waals surface area contributed by atoms with E-state index in [1.807, 2.05) is 0 Å². The van der Waals surface area contributed by atoms with E-state index in [2.05, 4.69) is 10.1 Å². The summed E-state index contributed by atoms with van der Waals surface area (Å²) in [6.45, 7) is 5.25. The maximum absolute atomic E-state index is 12.4. The number of aromatic nitrogens is 2. The number of nitrogens with one attached hydrogen (secondary N) is 1. The number of ether oxygens (including phenoxy) is 2. The molecule has 136 valence electrons. The number of aryl methyl sites for hydroxylation is 1. The minimum Gasteiger partial charge on any atom is -0.461 e. The van der Waals surface area contributed by atoms with Gasteiger partial charge in [-0.15, -0.1) is 0 Å². The molecule has 0 saturated carbocycles. The summed E-state index contributed by atoms with van der Waals surface area (Å²) in [7, 11) is 0. The Morgan fingerprint density at radius 3 is 2.69 bits per heavy atom. The summed E-state index contributed by atoms with van der Waals surface area (Å²) in [5, 5.41) is 3.85. The summed E-state index contributed by atoms with van der Waals surface area (Å²) in [5.41, 5.74) is 2.02. The molecule has 3 heterocycles. The number of hydrogen-bond donors (Lipinski definition) is 1. The number of aromatic amines is 1. The average Bonchev–Trinajstić information content (AvgIpc) is 3.33. The Hall–Kier alpha value is -3.29. The van der Waals surface area contributed by atoms with Crippen molar-refractivity contribution in [1.82, 2.24) is 10.1 Å². The molecular formula is C18H18N2O6. The first-order chi connectivity index (χ1) is 12.5. The molecule has 0 amide bonds. The van der Waals surface area contributed by atoms with Crippen molar-refractivity contribution in [3.8, 4) is 11.5 Å². The minimum atomic E-state index is -0.561. The molecule has 26 heavy (non-hydrogen) atoms. The molecule has 0 atom stereocenters. The normalized spacial score (nSPS) is 10.7. The molecule has 0 fully saturated rings. The Bertz CT molecular complexity index is 920. The number of carbonyl (C=O) groups excluding carboxylic acids is 2. The Morgan fingerprint density at radius 2 is 2.00 bits per heavy atom. The van der Waals surface area contributed by atoms with Crippen LogP contribution in [0.3, 0.4) is 0 Å². The number of carbonyl (C=O) groups is 2. The molecule has 8 heteroatoms. The summed E-state index contributed by atoms with van der Waals surface area (Å²) in [6.07, 6.45) is 1.52. The van der Waals surface area contributed by atoms with Crippen LogP contribution in [0.25, 0.3) is 11.5 Å². The molecule has 0 bridgehead atoms. The third kappa shape index (κ3) is 3.39. The van der Waals surface area contributed by atoms with Crippen molar-refractivity contribution in [2.24, 2.45) is 0 Å². The second-order valence-electron chi connectivity index (χ2n) is 5.58. The highest BCUT2D eigenvalue weighted by Gasteiger charge is 2.24. The van der Waals surface area contributed by atoms with Gasteiger partial charge in [-0.2, -0.15) is 0 Å². The standard InChI is InChI=1S/C18H18N2O6/c1-4-23-18(22)16-10(2)15(11(3)19-16)17(21)25-9-12-8-14(26-20-12)13-6-5-7-24-13/h5-8,19H,4,9H2,1-3H3. The van der Waals surface area contributed by atoms with Gasteiger partial charge in [-0.3, -0.25) is 0 Å². The Morgan fingerprint density at radius 1 is 1.19 bits per heavy atom. The van der Waals surface area contributed by atoms with Gasteiger partial charge in [-0.25, -0.2) is 9.59 Å². The number of nitrogens with zero attached hydrogens (tertiary/aromatic N) is 1. The lowest BCUT2D eigenvalue weighted by atomic mass is 10.1. The van der Waals surface area contributed by atoms with Crippen molar-refractivity contribution in [1.29, 1.82) is 0 Å². The van der Waals surface area contributed by atoms with Gasteiger partial charge in [-0.05, 0) is 38.5 Å². The van der Waals surface area contributed by atoms with Crippen LogP contribution >= 0.6 is 0 Å². The van der Waals surface area contributed by atoms with Crippen LogP contribution in [-0.2, 0) is 16.1 Å². The van der Waals surface area contributed by atoms with Gasteiger partial charge in [-0.1, -0.05) is 5.16 Å². The smallest absolute Gasteiger partial charge is 0.355 e. The molecular weight excluding hydrogens is 340 g/mol. The summed E-state index contributed by atoms with van der Waals surface area (Å²) in [5.74, 6) is -0.0905. The van der Waals surface area contributed by atoms with Crippen LogP contribution in [0.15, 0.2) is 33.4 Å². The van der Waals surface area contributed by atoms with E-state index < -0.39 is 11.9 Å². The molecule has 0 aromatic carbocycles. The van der Waals surface area contributed by atoms with E-state index >= 15 is 0 Å². The fourth-order valence-electron chi connectivity index (χ4n) is 2.59. The molecule has 0 aliphatic carbocycles. The highest BCUT2D eigenvalue weighted by atomic mass is 16.5. The zero-order valence-corrected chi connectivity index (χ0v) is 14.6. The molecule has 0 spiro atoms. The van der Waals surface area contributed by atoms with E-state index in [-0.39, 0.29) is 18.9 Å². The van der Waals surface area contributed by atoms with Gasteiger partial charge < -0.3 is 23.4 Å². The van der Waals surface area contributed by atoms with Gasteiger partial charge in [0.1, 0.15) is 18.0 Å². The Balaban J connectivity index is 1.70. The number of furan rings is 1. The molecule has 3 rings (SSSR count). The zero-order valence-electron chi connectivity index (χ0n) is 14.6. The lowest BCUT2D eigenvalue weighted by Gasteiger charge is -2.04. The van der Waals surface area contributed by atoms with E-state index in [4.69, 9.17) is 18.4 Å². The topological polar surface area (TPSA) is 108 Å². The van der Waals surface area contributed by atoms with E-state index in [1.165, 1.54) is 6.26 Å². The van der Waals surface area contributed by atoms with Crippen LogP contribution in [0.4, 0.5) is 0 Å². The molecule has 8 nitrogen and oxygen atoms in total. The van der Waals surface area contributed by atoms with Crippen LogP contribution < -0.4 is 0 Å². The monoisotopic (exact) mass is 358 g/mol. The largest absolute Gasteiger partial charge is 0.461 e. The second-order valence-corrected chi connectivity index (χ2v) is 5.58. The summed E-state index contributed by atoms with van der Waals surface area (Å²) in [4.78, 5) is 27.2. The molecule has 0 aliphatic heterocycles. The van der Waals surface area contributed by atoms with Crippen molar-refractivity contribution < 1.29 is 28.0 Å². The fraction of sp³-hybridized carbons (Fsp3) is 0.278. The SMILES string of the molecule is CCOC(=O)c1[nH]c(C)c(C(=O)OCc2cc(-c3ccco3)on2)c1C. The summed E-state index contributed by atoms with van der Waals surface area (Å²) >= 11 is 0. The maximum atomic E-state index is 12.4. The van der Waals surface area contributed by atoms with Crippen LogP contribution in [0, 0.1) is 13.8 Å². The highest BCUT2D eigenvalue weighted by Crippen LogP contribution is 2.22. The van der Waals surface area contributed by atoms with Gasteiger partial charge >= 0.3 is 11.9 Å². The highest BCUT2D eigenvalue weighted by molar-refractivity contribution is 5.98. The number of esters is 2. The van der Waals surface area contributed by atoms with Gasteiger partial charge in [0, 0.05) is 11.8 Å². The van der Waals surface area contributed by atoms with Gasteiger partial charge in [0.05, 0.1) is 18.4 Å². The molecule has 3 aromatic rings. The predicted octanol–water partition coefficient (Wildman–Crippen LogP) is 3.41. The van der Waals surface area contributed by atoms with Crippen molar-refractivity contribution in [3.63, 3.8) is 0 Å². The van der Waals surface area contributed by atoms with Crippen LogP contribution in [0.5, 0.6) is 0 Å². The third-order valence-electron chi connectivity index (χ3n) is 3.80. The Kier molecular flexibility index (Phi) is 4.92. The zero-order chi connectivity index (χ0) is 18.7. The van der Waals surface area contributed by atoms with Gasteiger partial charge in [0.2, 0.25) is 5.76 Å². The first-order valence-electron chi connectivity index (χ1n) is 8.04. The van der Waals surface area contributed by atoms with E-state index in [0.717, 1.165) is 0 Å². The molecule has 3 aromatic heterocycles. The van der Waals surface area contributed by atoms with E-state index in [9.17, 15) is 9.59 Å². The lowest BCUT2D eigenvalue weighted by Crippen LogP contribution is -2.09. The van der Waals surface area contributed by atoms with Crippen LogP contribution in [0.1, 0.15) is 44.7 Å². The number of hydrogen-bond acceptors (Lipinski definition) is 7. The first-order valence-corrected chi connectivity index (χ1v) is 8.04. The molecule has 1 N–H and O–H groups in total. The van der Waals surface area contributed by atoms with Crippen LogP contribution in [0.2, 0.25) is 0 Å². The van der Waals surface area contributed by atoms with Crippen molar-refractivity contribution in [3.05, 3.63) is 52.7 Å². The van der Waals surface area contributed by atoms with E-state index in [0.29, 0.717) is 34.0 Å². The van der Waals surface area contributed by atoms with Gasteiger partial charge in [0.25, 0.3) is 0 Å². The number of H-pyrrole nitrogens is 1. The fourth-order valence-corrected chi connectivity index (χ4v) is 2.59. The molecule has 0 saturated heterocycles. The van der Waals surface area contributed by atoms with Crippen molar-refractivity contribution in [2.75, 3.05) is 6.61 Å². The average molecular weight is 358 g/mol. The Labute approximate surface area is 149 Å². The molecule has 0 radical (unpaired) electrons. The molecule has 0 unspecified atom stereocenters. The summed E-state index contributed by atoms with van der Waals surface area (Å²) < 4.78 is 20.6. The predicted molar refractivity (Wildman–Crippen MR) is 89.5 cm³/mol. The van der Waals surface area contributed by atoms with Crippen molar-refractivity contribution >= 4 is 11.9 Å². The lowest BCUT2D eigenvalue weighted by molar-refractivity contribution is 0.0462.